The number of nitrogens with zero attached hydrogens (tertiary/aromatic N) is 2. The van der Waals surface area contributed by atoms with Gasteiger partial charge in [0.1, 0.15) is 5.75 Å². The number of thioether (sulfide) groups is 1. The van der Waals surface area contributed by atoms with E-state index in [1.807, 2.05) is 24.3 Å². The van der Waals surface area contributed by atoms with Crippen molar-refractivity contribution in [1.29, 1.82) is 0 Å². The van der Waals surface area contributed by atoms with Gasteiger partial charge in [0.2, 0.25) is 5.91 Å². The summed E-state index contributed by atoms with van der Waals surface area (Å²) in [6.45, 7) is 2.14. The Balaban J connectivity index is 1.46. The van der Waals surface area contributed by atoms with E-state index in [-0.39, 0.29) is 29.4 Å². The van der Waals surface area contributed by atoms with Crippen molar-refractivity contribution < 1.29 is 13.9 Å². The van der Waals surface area contributed by atoms with Crippen molar-refractivity contribution in [2.75, 3.05) is 11.1 Å². The highest BCUT2D eigenvalue weighted by atomic mass is 35.5. The summed E-state index contributed by atoms with van der Waals surface area (Å²) < 4.78 is 11.0. The fraction of sp³-hybridized carbons (Fsp3) is 0.211. The van der Waals surface area contributed by atoms with Crippen LogP contribution in [-0.2, 0) is 17.8 Å². The van der Waals surface area contributed by atoms with Gasteiger partial charge in [0.05, 0.1) is 10.8 Å². The summed E-state index contributed by atoms with van der Waals surface area (Å²) in [6.07, 6.45) is 0.956. The summed E-state index contributed by atoms with van der Waals surface area (Å²) in [4.78, 5) is 12.1. The van der Waals surface area contributed by atoms with Crippen LogP contribution in [0.5, 0.6) is 5.75 Å². The molecule has 0 atom stereocenters. The molecular formula is C19H17Cl2N3O3S. The van der Waals surface area contributed by atoms with E-state index in [1.165, 1.54) is 5.56 Å². The molecule has 1 N–H and O–H groups in total. The van der Waals surface area contributed by atoms with Crippen LogP contribution in [0.4, 0.5) is 5.69 Å². The van der Waals surface area contributed by atoms with Crippen LogP contribution in [0.3, 0.4) is 0 Å². The maximum absolute atomic E-state index is 12.1. The third-order valence-corrected chi connectivity index (χ3v) is 5.01. The first-order valence-electron chi connectivity index (χ1n) is 8.45. The van der Waals surface area contributed by atoms with E-state index in [2.05, 4.69) is 22.4 Å². The van der Waals surface area contributed by atoms with Crippen molar-refractivity contribution in [3.05, 3.63) is 64.0 Å². The normalized spacial score (nSPS) is 10.7. The zero-order valence-electron chi connectivity index (χ0n) is 14.9. The van der Waals surface area contributed by atoms with Crippen molar-refractivity contribution in [2.45, 2.75) is 25.2 Å². The highest BCUT2D eigenvalue weighted by Crippen LogP contribution is 2.28. The molecule has 2 aromatic carbocycles. The van der Waals surface area contributed by atoms with Gasteiger partial charge >= 0.3 is 0 Å². The molecular weight excluding hydrogens is 421 g/mol. The molecule has 0 aliphatic carbocycles. The number of ether oxygens (including phenoxy) is 1. The highest BCUT2D eigenvalue weighted by molar-refractivity contribution is 7.99. The summed E-state index contributed by atoms with van der Waals surface area (Å²) >= 11 is 13.0. The zero-order valence-corrected chi connectivity index (χ0v) is 17.3. The fourth-order valence-corrected chi connectivity index (χ4v) is 3.28. The van der Waals surface area contributed by atoms with E-state index in [1.54, 1.807) is 18.2 Å². The van der Waals surface area contributed by atoms with Gasteiger partial charge < -0.3 is 14.5 Å². The number of rotatable bonds is 8. The van der Waals surface area contributed by atoms with E-state index in [4.69, 9.17) is 32.4 Å². The van der Waals surface area contributed by atoms with Gasteiger partial charge in [-0.05, 0) is 42.3 Å². The van der Waals surface area contributed by atoms with Crippen molar-refractivity contribution in [3.8, 4) is 5.75 Å². The lowest BCUT2D eigenvalue weighted by Crippen LogP contribution is -2.13. The Morgan fingerprint density at radius 1 is 1.18 bits per heavy atom. The molecule has 0 fully saturated rings. The number of aromatic nitrogens is 2. The number of carbonyl (C=O) groups is 1. The average Bonchev–Trinajstić information content (AvgIpc) is 3.14. The number of aryl methyl sites for hydroxylation is 1. The molecule has 0 saturated heterocycles. The molecule has 0 spiro atoms. The van der Waals surface area contributed by atoms with Gasteiger partial charge in [0, 0.05) is 10.7 Å². The summed E-state index contributed by atoms with van der Waals surface area (Å²) in [5.41, 5.74) is 1.97. The van der Waals surface area contributed by atoms with Crippen molar-refractivity contribution in [1.82, 2.24) is 10.2 Å². The lowest BCUT2D eigenvalue weighted by molar-refractivity contribution is -0.113. The number of hydrogen-bond donors (Lipinski definition) is 1. The molecule has 0 radical (unpaired) electrons. The van der Waals surface area contributed by atoms with E-state index in [0.29, 0.717) is 15.8 Å². The van der Waals surface area contributed by atoms with E-state index in [0.717, 1.165) is 23.9 Å². The number of carbonyl (C=O) groups excluding carboxylic acids is 1. The average molecular weight is 438 g/mol. The van der Waals surface area contributed by atoms with Crippen LogP contribution in [0.1, 0.15) is 18.4 Å². The second-order valence-corrected chi connectivity index (χ2v) is 7.48. The first kappa shape index (κ1) is 20.5. The third-order valence-electron chi connectivity index (χ3n) is 3.67. The molecule has 0 saturated carbocycles. The first-order valence-corrected chi connectivity index (χ1v) is 10.2. The third kappa shape index (κ3) is 5.89. The minimum Gasteiger partial charge on any atom is -0.482 e. The SMILES string of the molecule is CCc1ccc(NC(=O)CSc2nnc(COc3ccc(Cl)cc3Cl)o2)cc1. The molecule has 1 aromatic heterocycles. The highest BCUT2D eigenvalue weighted by Gasteiger charge is 2.11. The quantitative estimate of drug-likeness (QED) is 0.484. The largest absolute Gasteiger partial charge is 0.482 e. The Bertz CT molecular complexity index is 948. The minimum absolute atomic E-state index is 0.0604. The molecule has 0 aliphatic rings. The monoisotopic (exact) mass is 437 g/mol. The molecule has 3 aromatic rings. The predicted molar refractivity (Wildman–Crippen MR) is 110 cm³/mol. The van der Waals surface area contributed by atoms with E-state index < -0.39 is 0 Å². The summed E-state index contributed by atoms with van der Waals surface area (Å²) in [5, 5.41) is 11.8. The Morgan fingerprint density at radius 2 is 1.96 bits per heavy atom. The van der Waals surface area contributed by atoms with Crippen molar-refractivity contribution in [2.24, 2.45) is 0 Å². The maximum Gasteiger partial charge on any atom is 0.277 e. The lowest BCUT2D eigenvalue weighted by atomic mass is 10.1. The number of anilines is 1. The van der Waals surface area contributed by atoms with Crippen LogP contribution < -0.4 is 10.1 Å². The molecule has 6 nitrogen and oxygen atoms in total. The molecule has 1 amide bonds. The summed E-state index contributed by atoms with van der Waals surface area (Å²) in [7, 11) is 0. The zero-order chi connectivity index (χ0) is 19.9. The fourth-order valence-electron chi connectivity index (χ4n) is 2.23. The van der Waals surface area contributed by atoms with Gasteiger partial charge in [-0.15, -0.1) is 10.2 Å². The van der Waals surface area contributed by atoms with Gasteiger partial charge in [-0.1, -0.05) is 54.0 Å². The van der Waals surface area contributed by atoms with Gasteiger partial charge in [0.15, 0.2) is 6.61 Å². The minimum atomic E-state index is -0.154. The van der Waals surface area contributed by atoms with Gasteiger partial charge in [-0.25, -0.2) is 0 Å². The van der Waals surface area contributed by atoms with Crippen LogP contribution in [0.15, 0.2) is 52.1 Å². The second kappa shape index (κ2) is 9.82. The molecule has 3 rings (SSSR count). The summed E-state index contributed by atoms with van der Waals surface area (Å²) in [6, 6.07) is 12.7. The predicted octanol–water partition coefficient (Wildman–Crippen LogP) is 5.25. The molecule has 0 bridgehead atoms. The first-order chi connectivity index (χ1) is 13.5. The molecule has 146 valence electrons. The standard InChI is InChI=1S/C19H17Cl2N3O3S/c1-2-12-3-6-14(7-4-12)22-17(25)11-28-19-24-23-18(27-19)10-26-16-8-5-13(20)9-15(16)21/h3-9H,2,10-11H2,1H3,(H,22,25). The van der Waals surface area contributed by atoms with E-state index >= 15 is 0 Å². The van der Waals surface area contributed by atoms with Gasteiger partial charge in [-0.2, -0.15) is 0 Å². The van der Waals surface area contributed by atoms with Crippen molar-refractivity contribution in [3.63, 3.8) is 0 Å². The van der Waals surface area contributed by atoms with Crippen LogP contribution in [0.2, 0.25) is 10.0 Å². The Hall–Kier alpha value is -2.22. The lowest BCUT2D eigenvalue weighted by Gasteiger charge is -2.05. The maximum atomic E-state index is 12.1. The number of benzene rings is 2. The topological polar surface area (TPSA) is 77.2 Å². The number of halogens is 2. The Morgan fingerprint density at radius 3 is 2.68 bits per heavy atom. The second-order valence-electron chi connectivity index (χ2n) is 5.71. The van der Waals surface area contributed by atoms with Crippen molar-refractivity contribution >= 4 is 46.6 Å². The molecule has 0 aliphatic heterocycles. The Labute approximate surface area is 176 Å². The van der Waals surface area contributed by atoms with Crippen LogP contribution in [-0.4, -0.2) is 21.9 Å². The van der Waals surface area contributed by atoms with Gasteiger partial charge in [0.25, 0.3) is 11.1 Å². The summed E-state index contributed by atoms with van der Waals surface area (Å²) in [5.74, 6) is 0.746. The van der Waals surface area contributed by atoms with E-state index in [9.17, 15) is 4.79 Å². The van der Waals surface area contributed by atoms with Crippen LogP contribution in [0.25, 0.3) is 0 Å². The number of hydrogen-bond acceptors (Lipinski definition) is 6. The number of amides is 1. The van der Waals surface area contributed by atoms with Gasteiger partial charge in [-0.3, -0.25) is 4.79 Å². The number of nitrogens with one attached hydrogen (secondary N) is 1. The molecule has 28 heavy (non-hydrogen) atoms. The molecule has 0 unspecified atom stereocenters. The Kier molecular flexibility index (Phi) is 7.19. The van der Waals surface area contributed by atoms with Crippen LogP contribution >= 0.6 is 35.0 Å². The molecule has 1 heterocycles. The molecule has 9 heteroatoms. The smallest absolute Gasteiger partial charge is 0.277 e. The van der Waals surface area contributed by atoms with Crippen LogP contribution in [0, 0.1) is 0 Å².